The second-order valence-corrected chi connectivity index (χ2v) is 2.63. The van der Waals surface area contributed by atoms with Crippen LogP contribution >= 0.6 is 0 Å². The smallest absolute Gasteiger partial charge is 0.251 e. The summed E-state index contributed by atoms with van der Waals surface area (Å²) in [6.07, 6.45) is 0.708. The van der Waals surface area contributed by atoms with Crippen molar-refractivity contribution < 1.29 is 9.53 Å². The zero-order chi connectivity index (χ0) is 7.56. The molecule has 1 aliphatic rings. The minimum absolute atomic E-state index is 0.0949. The normalized spacial score (nSPS) is 28.4. The first kappa shape index (κ1) is 7.54. The monoisotopic (exact) mass is 143 g/mol. The van der Waals surface area contributed by atoms with Crippen LogP contribution in [-0.2, 0) is 9.53 Å². The molecule has 0 bridgehead atoms. The van der Waals surface area contributed by atoms with Gasteiger partial charge < -0.3 is 9.64 Å². The first-order chi connectivity index (χ1) is 4.72. The predicted molar refractivity (Wildman–Crippen MR) is 37.7 cm³/mol. The van der Waals surface area contributed by atoms with Gasteiger partial charge >= 0.3 is 0 Å². The summed E-state index contributed by atoms with van der Waals surface area (Å²) in [6.45, 7) is 3.32. The van der Waals surface area contributed by atoms with Crippen LogP contribution in [0.2, 0.25) is 0 Å². The minimum atomic E-state index is -0.243. The van der Waals surface area contributed by atoms with E-state index in [2.05, 4.69) is 0 Å². The summed E-state index contributed by atoms with van der Waals surface area (Å²) in [5.41, 5.74) is 0. The van der Waals surface area contributed by atoms with Gasteiger partial charge in [0.05, 0.1) is 0 Å². The van der Waals surface area contributed by atoms with Crippen LogP contribution in [0.15, 0.2) is 0 Å². The van der Waals surface area contributed by atoms with E-state index in [-0.39, 0.29) is 12.0 Å². The van der Waals surface area contributed by atoms with E-state index < -0.39 is 0 Å². The second kappa shape index (κ2) is 3.01. The molecule has 1 heterocycles. The topological polar surface area (TPSA) is 29.5 Å². The molecule has 58 valence electrons. The summed E-state index contributed by atoms with van der Waals surface area (Å²) in [6, 6.07) is 0. The van der Waals surface area contributed by atoms with Crippen molar-refractivity contribution in [3.63, 3.8) is 0 Å². The van der Waals surface area contributed by atoms with Crippen molar-refractivity contribution in [2.45, 2.75) is 19.4 Å². The molecule has 3 heteroatoms. The standard InChI is InChI=1S/C7H13NO2/c1-6-7(9)8(2)4-3-5-10-6/h6H,3-5H2,1-2H3. The van der Waals surface area contributed by atoms with Crippen molar-refractivity contribution in [2.75, 3.05) is 20.2 Å². The van der Waals surface area contributed by atoms with Crippen LogP contribution in [0.3, 0.4) is 0 Å². The number of hydrogen-bond acceptors (Lipinski definition) is 2. The molecule has 10 heavy (non-hydrogen) atoms. The van der Waals surface area contributed by atoms with Gasteiger partial charge in [0.2, 0.25) is 0 Å². The third-order valence-corrected chi connectivity index (χ3v) is 1.73. The molecule has 1 aliphatic heterocycles. The molecule has 1 amide bonds. The van der Waals surface area contributed by atoms with Crippen molar-refractivity contribution in [1.29, 1.82) is 0 Å². The fourth-order valence-electron chi connectivity index (χ4n) is 1.05. The van der Waals surface area contributed by atoms with Gasteiger partial charge in [-0.2, -0.15) is 0 Å². The van der Waals surface area contributed by atoms with Crippen molar-refractivity contribution in [3.8, 4) is 0 Å². The van der Waals surface area contributed by atoms with Gasteiger partial charge in [0.15, 0.2) is 0 Å². The third kappa shape index (κ3) is 1.48. The van der Waals surface area contributed by atoms with Crippen LogP contribution in [0.25, 0.3) is 0 Å². The van der Waals surface area contributed by atoms with Gasteiger partial charge in [-0.15, -0.1) is 0 Å². The van der Waals surface area contributed by atoms with Gasteiger partial charge in [-0.05, 0) is 13.3 Å². The molecule has 0 aromatic carbocycles. The van der Waals surface area contributed by atoms with E-state index in [0.717, 1.165) is 13.0 Å². The van der Waals surface area contributed by atoms with Crippen molar-refractivity contribution in [1.82, 2.24) is 4.90 Å². The number of likely N-dealkylation sites (N-methyl/N-ethyl adjacent to an activating group) is 1. The largest absolute Gasteiger partial charge is 0.369 e. The van der Waals surface area contributed by atoms with Crippen molar-refractivity contribution >= 4 is 5.91 Å². The van der Waals surface area contributed by atoms with E-state index in [1.165, 1.54) is 0 Å². The summed E-state index contributed by atoms with van der Waals surface area (Å²) >= 11 is 0. The summed E-state index contributed by atoms with van der Waals surface area (Å²) in [7, 11) is 1.81. The van der Waals surface area contributed by atoms with Crippen LogP contribution in [0.4, 0.5) is 0 Å². The van der Waals surface area contributed by atoms with E-state index in [9.17, 15) is 4.79 Å². The number of rotatable bonds is 0. The highest BCUT2D eigenvalue weighted by Gasteiger charge is 2.20. The molecule has 0 aliphatic carbocycles. The van der Waals surface area contributed by atoms with Gasteiger partial charge in [-0.25, -0.2) is 0 Å². The Hall–Kier alpha value is -0.570. The second-order valence-electron chi connectivity index (χ2n) is 2.63. The lowest BCUT2D eigenvalue weighted by Crippen LogP contribution is -2.33. The molecule has 1 rings (SSSR count). The molecule has 0 aromatic heterocycles. The Kier molecular flexibility index (Phi) is 2.27. The summed E-state index contributed by atoms with van der Waals surface area (Å²) in [5.74, 6) is 0.0949. The van der Waals surface area contributed by atoms with Crippen molar-refractivity contribution in [3.05, 3.63) is 0 Å². The molecule has 1 atom stereocenters. The Balaban J connectivity index is 2.55. The number of carbonyl (C=O) groups excluding carboxylic acids is 1. The molecule has 1 unspecified atom stereocenters. The van der Waals surface area contributed by atoms with E-state index >= 15 is 0 Å². The lowest BCUT2D eigenvalue weighted by Gasteiger charge is -2.15. The van der Waals surface area contributed by atoms with E-state index in [0.29, 0.717) is 6.61 Å². The fourth-order valence-corrected chi connectivity index (χ4v) is 1.05. The van der Waals surface area contributed by atoms with Crippen LogP contribution < -0.4 is 0 Å². The van der Waals surface area contributed by atoms with E-state index in [4.69, 9.17) is 4.74 Å². The van der Waals surface area contributed by atoms with Gasteiger partial charge in [0.25, 0.3) is 5.91 Å². The van der Waals surface area contributed by atoms with E-state index in [1.54, 1.807) is 11.8 Å². The Morgan fingerprint density at radius 1 is 1.70 bits per heavy atom. The Morgan fingerprint density at radius 2 is 2.40 bits per heavy atom. The molecule has 1 fully saturated rings. The number of hydrogen-bond donors (Lipinski definition) is 0. The number of ether oxygens (including phenoxy) is 1. The van der Waals surface area contributed by atoms with Gasteiger partial charge in [-0.3, -0.25) is 4.79 Å². The van der Waals surface area contributed by atoms with Crippen molar-refractivity contribution in [2.24, 2.45) is 0 Å². The summed E-state index contributed by atoms with van der Waals surface area (Å²) in [4.78, 5) is 12.9. The lowest BCUT2D eigenvalue weighted by molar-refractivity contribution is -0.138. The highest BCUT2D eigenvalue weighted by molar-refractivity contribution is 5.80. The van der Waals surface area contributed by atoms with Gasteiger partial charge in [0, 0.05) is 20.2 Å². The molecule has 1 saturated heterocycles. The predicted octanol–water partition coefficient (Wildman–Crippen LogP) is 0.254. The van der Waals surface area contributed by atoms with Crippen LogP contribution in [-0.4, -0.2) is 37.1 Å². The summed E-state index contributed by atoms with van der Waals surface area (Å²) in [5, 5.41) is 0. The van der Waals surface area contributed by atoms with E-state index in [1.807, 2.05) is 7.05 Å². The Bertz CT molecular complexity index is 122. The lowest BCUT2D eigenvalue weighted by atomic mass is 10.3. The molecule has 0 radical (unpaired) electrons. The maximum atomic E-state index is 11.1. The minimum Gasteiger partial charge on any atom is -0.369 e. The summed E-state index contributed by atoms with van der Waals surface area (Å²) < 4.78 is 5.19. The molecule has 0 N–H and O–H groups in total. The molecule has 0 saturated carbocycles. The third-order valence-electron chi connectivity index (χ3n) is 1.73. The zero-order valence-electron chi connectivity index (χ0n) is 6.46. The highest BCUT2D eigenvalue weighted by atomic mass is 16.5. The molecular weight excluding hydrogens is 130 g/mol. The fraction of sp³-hybridized carbons (Fsp3) is 0.857. The molecular formula is C7H13NO2. The quantitative estimate of drug-likeness (QED) is 0.486. The SMILES string of the molecule is CC1OCCCN(C)C1=O. The zero-order valence-corrected chi connectivity index (χ0v) is 6.46. The highest BCUT2D eigenvalue weighted by Crippen LogP contribution is 2.03. The molecule has 3 nitrogen and oxygen atoms in total. The van der Waals surface area contributed by atoms with Gasteiger partial charge in [-0.1, -0.05) is 0 Å². The van der Waals surface area contributed by atoms with Crippen LogP contribution in [0.1, 0.15) is 13.3 Å². The Morgan fingerprint density at radius 3 is 3.10 bits per heavy atom. The average Bonchev–Trinajstić information content (AvgIpc) is 2.04. The number of nitrogens with zero attached hydrogens (tertiary/aromatic N) is 1. The first-order valence-electron chi connectivity index (χ1n) is 3.58. The average molecular weight is 143 g/mol. The van der Waals surface area contributed by atoms with Crippen LogP contribution in [0.5, 0.6) is 0 Å². The Labute approximate surface area is 61.0 Å². The number of amides is 1. The maximum Gasteiger partial charge on any atom is 0.251 e. The maximum absolute atomic E-state index is 11.1. The first-order valence-corrected chi connectivity index (χ1v) is 3.58. The molecule has 0 spiro atoms. The molecule has 0 aromatic rings. The number of carbonyl (C=O) groups is 1. The van der Waals surface area contributed by atoms with Gasteiger partial charge in [0.1, 0.15) is 6.10 Å². The van der Waals surface area contributed by atoms with Crippen LogP contribution in [0, 0.1) is 0 Å².